The number of phenolic OH excluding ortho intramolecular Hbond substituents is 1. The summed E-state index contributed by atoms with van der Waals surface area (Å²) in [4.78, 5) is 4.47. The van der Waals surface area contributed by atoms with Crippen LogP contribution in [0.1, 0.15) is 12.5 Å². The number of aromatic hydroxyl groups is 1. The van der Waals surface area contributed by atoms with Gasteiger partial charge in [0.15, 0.2) is 5.58 Å². The summed E-state index contributed by atoms with van der Waals surface area (Å²) in [6, 6.07) is 12.8. The van der Waals surface area contributed by atoms with Crippen LogP contribution in [0.5, 0.6) is 5.75 Å². The molecule has 18 heavy (non-hydrogen) atoms. The Morgan fingerprint density at radius 2 is 1.89 bits per heavy atom. The number of rotatable bonds is 2. The SMILES string of the molecule is CCc1cccc2nc(-c3ccc(O)cc3)oc12. The largest absolute Gasteiger partial charge is 0.508 e. The Labute approximate surface area is 105 Å². The molecule has 3 aromatic rings. The van der Waals surface area contributed by atoms with Crippen LogP contribution in [-0.2, 0) is 6.42 Å². The van der Waals surface area contributed by atoms with Gasteiger partial charge in [-0.15, -0.1) is 0 Å². The highest BCUT2D eigenvalue weighted by molar-refractivity contribution is 5.79. The molecule has 0 aliphatic carbocycles. The average molecular weight is 239 g/mol. The molecule has 0 aliphatic heterocycles. The fourth-order valence-corrected chi connectivity index (χ4v) is 2.01. The predicted octanol–water partition coefficient (Wildman–Crippen LogP) is 3.76. The smallest absolute Gasteiger partial charge is 0.227 e. The lowest BCUT2D eigenvalue weighted by molar-refractivity contribution is 0.475. The fourth-order valence-electron chi connectivity index (χ4n) is 2.01. The lowest BCUT2D eigenvalue weighted by Gasteiger charge is -1.96. The first-order valence-electron chi connectivity index (χ1n) is 5.96. The molecule has 0 bridgehead atoms. The van der Waals surface area contributed by atoms with Crippen molar-refractivity contribution in [3.63, 3.8) is 0 Å². The van der Waals surface area contributed by atoms with Gasteiger partial charge in [-0.1, -0.05) is 19.1 Å². The molecule has 0 amide bonds. The van der Waals surface area contributed by atoms with Gasteiger partial charge in [0.25, 0.3) is 0 Å². The molecule has 1 aromatic heterocycles. The summed E-state index contributed by atoms with van der Waals surface area (Å²) in [5.74, 6) is 0.829. The van der Waals surface area contributed by atoms with Crippen LogP contribution < -0.4 is 0 Å². The highest BCUT2D eigenvalue weighted by Crippen LogP contribution is 2.27. The van der Waals surface area contributed by atoms with E-state index in [1.165, 1.54) is 0 Å². The van der Waals surface area contributed by atoms with E-state index < -0.39 is 0 Å². The first kappa shape index (κ1) is 10.8. The van der Waals surface area contributed by atoms with E-state index in [4.69, 9.17) is 4.42 Å². The molecule has 0 saturated heterocycles. The third-order valence-corrected chi connectivity index (χ3v) is 2.99. The van der Waals surface area contributed by atoms with Gasteiger partial charge in [-0.05, 0) is 42.3 Å². The molecule has 3 rings (SSSR count). The number of para-hydroxylation sites is 1. The van der Waals surface area contributed by atoms with Crippen LogP contribution in [0.3, 0.4) is 0 Å². The van der Waals surface area contributed by atoms with E-state index in [2.05, 4.69) is 11.9 Å². The molecule has 90 valence electrons. The van der Waals surface area contributed by atoms with Crippen molar-refractivity contribution in [1.29, 1.82) is 0 Å². The van der Waals surface area contributed by atoms with Gasteiger partial charge >= 0.3 is 0 Å². The number of aryl methyl sites for hydroxylation is 1. The van der Waals surface area contributed by atoms with Gasteiger partial charge in [-0.2, -0.15) is 0 Å². The summed E-state index contributed by atoms with van der Waals surface area (Å²) in [5, 5.41) is 9.27. The molecule has 0 spiro atoms. The van der Waals surface area contributed by atoms with Crippen molar-refractivity contribution in [3.05, 3.63) is 48.0 Å². The molecule has 1 heterocycles. The molecule has 0 radical (unpaired) electrons. The number of benzene rings is 2. The Kier molecular flexibility index (Phi) is 2.52. The standard InChI is InChI=1S/C15H13NO2/c1-2-10-4-3-5-13-14(10)18-15(16-13)11-6-8-12(17)9-7-11/h3-9,17H,2H2,1H3. The second kappa shape index (κ2) is 4.18. The molecule has 0 aliphatic rings. The van der Waals surface area contributed by atoms with Crippen LogP contribution >= 0.6 is 0 Å². The Balaban J connectivity index is 2.16. The number of aromatic nitrogens is 1. The molecule has 2 aromatic carbocycles. The van der Waals surface area contributed by atoms with Crippen molar-refractivity contribution in [2.45, 2.75) is 13.3 Å². The first-order valence-corrected chi connectivity index (χ1v) is 5.96. The number of hydrogen-bond acceptors (Lipinski definition) is 3. The van der Waals surface area contributed by atoms with Crippen molar-refractivity contribution in [2.75, 3.05) is 0 Å². The molecular formula is C15H13NO2. The zero-order valence-electron chi connectivity index (χ0n) is 10.1. The molecule has 1 N–H and O–H groups in total. The van der Waals surface area contributed by atoms with Gasteiger partial charge in [0, 0.05) is 5.56 Å². The summed E-state index contributed by atoms with van der Waals surface area (Å²) >= 11 is 0. The molecule has 0 saturated carbocycles. The van der Waals surface area contributed by atoms with Crippen molar-refractivity contribution >= 4 is 11.1 Å². The molecule has 0 atom stereocenters. The highest BCUT2D eigenvalue weighted by Gasteiger charge is 2.10. The van der Waals surface area contributed by atoms with Crippen LogP contribution in [0, 0.1) is 0 Å². The zero-order chi connectivity index (χ0) is 12.5. The van der Waals surface area contributed by atoms with E-state index in [9.17, 15) is 5.11 Å². The summed E-state index contributed by atoms with van der Waals surface area (Å²) < 4.78 is 5.82. The van der Waals surface area contributed by atoms with Gasteiger partial charge in [0.05, 0.1) is 0 Å². The topological polar surface area (TPSA) is 46.3 Å². The number of oxazole rings is 1. The number of fused-ring (bicyclic) bond motifs is 1. The molecule has 3 heteroatoms. The fraction of sp³-hybridized carbons (Fsp3) is 0.133. The third kappa shape index (κ3) is 1.74. The van der Waals surface area contributed by atoms with E-state index in [-0.39, 0.29) is 5.75 Å². The molecule has 0 unspecified atom stereocenters. The maximum Gasteiger partial charge on any atom is 0.227 e. The average Bonchev–Trinajstić information content (AvgIpc) is 2.83. The van der Waals surface area contributed by atoms with Crippen molar-refractivity contribution in [3.8, 4) is 17.2 Å². The van der Waals surface area contributed by atoms with Crippen molar-refractivity contribution < 1.29 is 9.52 Å². The molecule has 3 nitrogen and oxygen atoms in total. The van der Waals surface area contributed by atoms with Crippen LogP contribution in [-0.4, -0.2) is 10.1 Å². The van der Waals surface area contributed by atoms with Gasteiger partial charge in [0.1, 0.15) is 11.3 Å². The maximum atomic E-state index is 9.27. The van der Waals surface area contributed by atoms with E-state index >= 15 is 0 Å². The van der Waals surface area contributed by atoms with E-state index in [0.29, 0.717) is 5.89 Å². The second-order valence-electron chi connectivity index (χ2n) is 4.18. The number of nitrogens with zero attached hydrogens (tertiary/aromatic N) is 1. The Bertz CT molecular complexity index is 683. The quantitative estimate of drug-likeness (QED) is 0.740. The molecule has 0 fully saturated rings. The summed E-state index contributed by atoms with van der Waals surface area (Å²) in [5.41, 5.74) is 3.75. The van der Waals surface area contributed by atoms with Crippen molar-refractivity contribution in [2.24, 2.45) is 0 Å². The first-order chi connectivity index (χ1) is 8.78. The van der Waals surface area contributed by atoms with E-state index in [1.807, 2.05) is 18.2 Å². The highest BCUT2D eigenvalue weighted by atomic mass is 16.3. The van der Waals surface area contributed by atoms with Crippen LogP contribution in [0.25, 0.3) is 22.6 Å². The Morgan fingerprint density at radius 3 is 2.61 bits per heavy atom. The maximum absolute atomic E-state index is 9.27. The monoisotopic (exact) mass is 239 g/mol. The summed E-state index contributed by atoms with van der Waals surface area (Å²) in [6.45, 7) is 2.09. The van der Waals surface area contributed by atoms with E-state index in [0.717, 1.165) is 28.6 Å². The Morgan fingerprint density at radius 1 is 1.11 bits per heavy atom. The predicted molar refractivity (Wildman–Crippen MR) is 70.5 cm³/mol. The third-order valence-electron chi connectivity index (χ3n) is 2.99. The van der Waals surface area contributed by atoms with Gasteiger partial charge in [-0.3, -0.25) is 0 Å². The summed E-state index contributed by atoms with van der Waals surface area (Å²) in [6.07, 6.45) is 0.918. The van der Waals surface area contributed by atoms with Crippen molar-refractivity contribution in [1.82, 2.24) is 4.98 Å². The second-order valence-corrected chi connectivity index (χ2v) is 4.18. The molecular weight excluding hydrogens is 226 g/mol. The lowest BCUT2D eigenvalue weighted by atomic mass is 10.1. The van der Waals surface area contributed by atoms with Crippen LogP contribution in [0.2, 0.25) is 0 Å². The normalized spacial score (nSPS) is 10.9. The summed E-state index contributed by atoms with van der Waals surface area (Å²) in [7, 11) is 0. The lowest BCUT2D eigenvalue weighted by Crippen LogP contribution is -1.79. The van der Waals surface area contributed by atoms with Gasteiger partial charge in [0.2, 0.25) is 5.89 Å². The van der Waals surface area contributed by atoms with Gasteiger partial charge < -0.3 is 9.52 Å². The minimum absolute atomic E-state index is 0.240. The zero-order valence-corrected chi connectivity index (χ0v) is 10.1. The van der Waals surface area contributed by atoms with Crippen LogP contribution in [0.4, 0.5) is 0 Å². The number of phenols is 1. The Hall–Kier alpha value is -2.29. The minimum Gasteiger partial charge on any atom is -0.508 e. The van der Waals surface area contributed by atoms with Crippen LogP contribution in [0.15, 0.2) is 46.9 Å². The minimum atomic E-state index is 0.240. The number of hydrogen-bond donors (Lipinski definition) is 1. The van der Waals surface area contributed by atoms with Gasteiger partial charge in [-0.25, -0.2) is 4.98 Å². The van der Waals surface area contributed by atoms with E-state index in [1.54, 1.807) is 24.3 Å².